The van der Waals surface area contributed by atoms with Crippen LogP contribution < -0.4 is 10.5 Å². The maximum atomic E-state index is 12.0. The van der Waals surface area contributed by atoms with Gasteiger partial charge in [0.2, 0.25) is 0 Å². The minimum absolute atomic E-state index is 0.146. The van der Waals surface area contributed by atoms with Crippen molar-refractivity contribution in [3.05, 3.63) is 51.2 Å². The first-order valence-corrected chi connectivity index (χ1v) is 8.27. The molecule has 0 atom stereocenters. The molecule has 0 bridgehead atoms. The fraction of sp³-hybridized carbons (Fsp3) is 0.250. The number of thiophene rings is 1. The van der Waals surface area contributed by atoms with E-state index in [0.29, 0.717) is 22.2 Å². The number of nitrogens with zero attached hydrogens (tertiary/aromatic N) is 2. The van der Waals surface area contributed by atoms with Gasteiger partial charge in [0.15, 0.2) is 12.4 Å². The molecule has 1 amide bonds. The fourth-order valence-corrected chi connectivity index (χ4v) is 3.07. The average molecular weight is 368 g/mol. The number of hydrogen-bond acceptors (Lipinski definition) is 5. The van der Waals surface area contributed by atoms with E-state index in [2.05, 4.69) is 5.16 Å². The summed E-state index contributed by atoms with van der Waals surface area (Å²) in [4.78, 5) is 19.6. The summed E-state index contributed by atoms with van der Waals surface area (Å²) >= 11 is 7.31. The minimum Gasteiger partial charge on any atom is -0.496 e. The molecule has 2 N–H and O–H groups in total. The van der Waals surface area contributed by atoms with Crippen molar-refractivity contribution in [3.63, 3.8) is 0 Å². The molecule has 0 unspecified atom stereocenters. The Balaban J connectivity index is 1.89. The lowest BCUT2D eigenvalue weighted by Gasteiger charge is -2.15. The predicted molar refractivity (Wildman–Crippen MR) is 95.5 cm³/mol. The van der Waals surface area contributed by atoms with Crippen molar-refractivity contribution < 1.29 is 14.4 Å². The third-order valence-electron chi connectivity index (χ3n) is 3.18. The van der Waals surface area contributed by atoms with Crippen LogP contribution in [0.1, 0.15) is 10.4 Å². The number of benzene rings is 1. The summed E-state index contributed by atoms with van der Waals surface area (Å²) in [7, 11) is 3.23. The Morgan fingerprint density at radius 1 is 1.33 bits per heavy atom. The summed E-state index contributed by atoms with van der Waals surface area (Å²) in [6.07, 6.45) is 0. The van der Waals surface area contributed by atoms with Crippen molar-refractivity contribution in [1.29, 1.82) is 0 Å². The van der Waals surface area contributed by atoms with Crippen molar-refractivity contribution >= 4 is 34.7 Å². The molecule has 2 aromatic rings. The van der Waals surface area contributed by atoms with E-state index in [4.69, 9.17) is 26.9 Å². The standard InChI is InChI=1S/C16H18ClN3O3S/c1-20(9-11-7-8-14(17)24-11)15(21)10-23-19-16(18)12-5-3-4-6-13(12)22-2/h3-8H,9-10H2,1-2H3,(H2,18,19). The first-order valence-electron chi connectivity index (χ1n) is 7.08. The van der Waals surface area contributed by atoms with Gasteiger partial charge < -0.3 is 20.2 Å². The van der Waals surface area contributed by atoms with E-state index in [1.807, 2.05) is 18.2 Å². The van der Waals surface area contributed by atoms with Gasteiger partial charge >= 0.3 is 0 Å². The summed E-state index contributed by atoms with van der Waals surface area (Å²) in [5, 5.41) is 3.78. The molecule has 24 heavy (non-hydrogen) atoms. The molecule has 0 aliphatic rings. The fourth-order valence-electron chi connectivity index (χ4n) is 1.93. The molecule has 0 aliphatic heterocycles. The van der Waals surface area contributed by atoms with Crippen molar-refractivity contribution in [2.24, 2.45) is 10.9 Å². The molecule has 0 saturated heterocycles. The van der Waals surface area contributed by atoms with E-state index < -0.39 is 0 Å². The van der Waals surface area contributed by atoms with E-state index in [1.54, 1.807) is 32.4 Å². The van der Waals surface area contributed by atoms with Crippen LogP contribution >= 0.6 is 22.9 Å². The SMILES string of the molecule is COc1ccccc1/C(N)=N/OCC(=O)N(C)Cc1ccc(Cl)s1. The van der Waals surface area contributed by atoms with Gasteiger partial charge in [0, 0.05) is 11.9 Å². The highest BCUT2D eigenvalue weighted by Crippen LogP contribution is 2.22. The number of oxime groups is 1. The van der Waals surface area contributed by atoms with Gasteiger partial charge in [0.1, 0.15) is 5.75 Å². The molecule has 8 heteroatoms. The van der Waals surface area contributed by atoms with E-state index in [0.717, 1.165) is 4.88 Å². The third kappa shape index (κ3) is 4.87. The Kier molecular flexibility index (Phi) is 6.45. The van der Waals surface area contributed by atoms with Crippen LogP contribution in [-0.2, 0) is 16.2 Å². The van der Waals surface area contributed by atoms with Gasteiger partial charge in [0.05, 0.1) is 23.6 Å². The van der Waals surface area contributed by atoms with E-state index in [1.165, 1.54) is 16.2 Å². The number of hydrogen-bond donors (Lipinski definition) is 1. The smallest absolute Gasteiger partial charge is 0.263 e. The van der Waals surface area contributed by atoms with Crippen LogP contribution in [0.25, 0.3) is 0 Å². The molecular weight excluding hydrogens is 350 g/mol. The van der Waals surface area contributed by atoms with Crippen LogP contribution in [0.2, 0.25) is 4.34 Å². The third-order valence-corrected chi connectivity index (χ3v) is 4.40. The number of methoxy groups -OCH3 is 1. The van der Waals surface area contributed by atoms with Crippen molar-refractivity contribution in [3.8, 4) is 5.75 Å². The molecule has 0 spiro atoms. The first kappa shape index (κ1) is 18.1. The second-order valence-corrected chi connectivity index (χ2v) is 6.71. The first-order chi connectivity index (χ1) is 11.5. The molecule has 0 radical (unpaired) electrons. The molecule has 0 fully saturated rings. The second-order valence-electron chi connectivity index (χ2n) is 4.91. The monoisotopic (exact) mass is 367 g/mol. The van der Waals surface area contributed by atoms with Crippen LogP contribution in [0.5, 0.6) is 5.75 Å². The van der Waals surface area contributed by atoms with E-state index in [-0.39, 0.29) is 18.3 Å². The summed E-state index contributed by atoms with van der Waals surface area (Å²) in [6, 6.07) is 10.8. The van der Waals surface area contributed by atoms with Gasteiger partial charge in [-0.3, -0.25) is 4.79 Å². The van der Waals surface area contributed by atoms with Crippen molar-refractivity contribution in [2.45, 2.75) is 6.54 Å². The molecule has 128 valence electrons. The van der Waals surface area contributed by atoms with Gasteiger partial charge in [-0.25, -0.2) is 0 Å². The molecule has 6 nitrogen and oxygen atoms in total. The number of ether oxygens (including phenoxy) is 1. The summed E-state index contributed by atoms with van der Waals surface area (Å²) in [5.41, 5.74) is 6.47. The molecular formula is C16H18ClN3O3S. The van der Waals surface area contributed by atoms with E-state index >= 15 is 0 Å². The number of halogens is 1. The number of amidine groups is 1. The zero-order chi connectivity index (χ0) is 17.5. The van der Waals surface area contributed by atoms with Crippen LogP contribution in [0.15, 0.2) is 41.6 Å². The number of carbonyl (C=O) groups is 1. The topological polar surface area (TPSA) is 77.1 Å². The Bertz CT molecular complexity index is 733. The number of carbonyl (C=O) groups excluding carboxylic acids is 1. The maximum absolute atomic E-state index is 12.0. The Morgan fingerprint density at radius 3 is 2.75 bits per heavy atom. The summed E-state index contributed by atoms with van der Waals surface area (Å²) in [5.74, 6) is 0.518. The molecule has 1 aromatic heterocycles. The Hall–Kier alpha value is -2.25. The zero-order valence-corrected chi connectivity index (χ0v) is 14.9. The Morgan fingerprint density at radius 2 is 2.08 bits per heavy atom. The lowest BCUT2D eigenvalue weighted by molar-refractivity contribution is -0.135. The number of para-hydroxylation sites is 1. The van der Waals surface area contributed by atoms with Gasteiger partial charge in [-0.05, 0) is 24.3 Å². The van der Waals surface area contributed by atoms with Crippen LogP contribution in [0.3, 0.4) is 0 Å². The van der Waals surface area contributed by atoms with Gasteiger partial charge in [-0.1, -0.05) is 28.9 Å². The number of amides is 1. The lowest BCUT2D eigenvalue weighted by Crippen LogP contribution is -2.29. The Labute approximate surface area is 149 Å². The van der Waals surface area contributed by atoms with Crippen LogP contribution in [-0.4, -0.2) is 37.4 Å². The molecule has 2 rings (SSSR count). The quantitative estimate of drug-likeness (QED) is 0.463. The van der Waals surface area contributed by atoms with Crippen molar-refractivity contribution in [2.75, 3.05) is 20.8 Å². The lowest BCUT2D eigenvalue weighted by atomic mass is 10.2. The predicted octanol–water partition coefficient (Wildman–Crippen LogP) is 2.71. The van der Waals surface area contributed by atoms with Gasteiger partial charge in [-0.2, -0.15) is 0 Å². The number of likely N-dealkylation sites (N-methyl/N-ethyl adjacent to an activating group) is 1. The molecule has 1 aromatic carbocycles. The van der Waals surface area contributed by atoms with Gasteiger partial charge in [-0.15, -0.1) is 11.3 Å². The summed E-state index contributed by atoms with van der Waals surface area (Å²) in [6.45, 7) is 0.261. The van der Waals surface area contributed by atoms with Crippen molar-refractivity contribution in [1.82, 2.24) is 4.90 Å². The summed E-state index contributed by atoms with van der Waals surface area (Å²) < 4.78 is 5.89. The highest BCUT2D eigenvalue weighted by molar-refractivity contribution is 7.16. The average Bonchev–Trinajstić information content (AvgIpc) is 2.99. The second kappa shape index (κ2) is 8.56. The van der Waals surface area contributed by atoms with Crippen LogP contribution in [0.4, 0.5) is 0 Å². The normalized spacial score (nSPS) is 11.2. The van der Waals surface area contributed by atoms with E-state index in [9.17, 15) is 4.79 Å². The maximum Gasteiger partial charge on any atom is 0.263 e. The molecule has 1 heterocycles. The zero-order valence-electron chi connectivity index (χ0n) is 13.4. The number of rotatable bonds is 7. The molecule has 0 aliphatic carbocycles. The highest BCUT2D eigenvalue weighted by Gasteiger charge is 2.12. The highest BCUT2D eigenvalue weighted by atomic mass is 35.5. The number of nitrogens with two attached hydrogens (primary N) is 1. The van der Waals surface area contributed by atoms with Gasteiger partial charge in [0.25, 0.3) is 5.91 Å². The largest absolute Gasteiger partial charge is 0.496 e. The molecule has 0 saturated carbocycles. The van der Waals surface area contributed by atoms with Crippen LogP contribution in [0, 0.1) is 0 Å². The minimum atomic E-state index is -0.212.